The Bertz CT molecular complexity index is 1730. The van der Waals surface area contributed by atoms with E-state index in [-0.39, 0.29) is 28.1 Å². The number of hydrogen-bond acceptors (Lipinski definition) is 9. The first kappa shape index (κ1) is 30.2. The normalized spacial score (nSPS) is 21.9. The smallest absolute Gasteiger partial charge is 0.274 e. The van der Waals surface area contributed by atoms with Gasteiger partial charge >= 0.3 is 0 Å². The molecule has 0 aliphatic carbocycles. The van der Waals surface area contributed by atoms with Gasteiger partial charge in [0.1, 0.15) is 16.4 Å². The number of nitrogens with zero attached hydrogens (tertiary/aromatic N) is 4. The van der Waals surface area contributed by atoms with Gasteiger partial charge in [-0.25, -0.2) is 17.7 Å². The Labute approximate surface area is 261 Å². The third kappa shape index (κ3) is 4.50. The van der Waals surface area contributed by atoms with Gasteiger partial charge in [-0.1, -0.05) is 11.6 Å². The number of fused-ring (bicyclic) bond motifs is 1. The van der Waals surface area contributed by atoms with Gasteiger partial charge in [0.2, 0.25) is 11.8 Å². The molecule has 0 saturated carbocycles. The van der Waals surface area contributed by atoms with Crippen molar-refractivity contribution < 1.29 is 32.2 Å². The number of amides is 2. The number of halogens is 1. The topological polar surface area (TPSA) is 119 Å². The first-order chi connectivity index (χ1) is 21.2. The van der Waals surface area contributed by atoms with E-state index in [0.29, 0.717) is 54.4 Å². The molecule has 0 bridgehead atoms. The van der Waals surface area contributed by atoms with E-state index < -0.39 is 27.5 Å². The number of carbonyl (C=O) groups is 2. The van der Waals surface area contributed by atoms with E-state index >= 15 is 4.79 Å². The van der Waals surface area contributed by atoms with Crippen LogP contribution in [0.15, 0.2) is 59.6 Å². The summed E-state index contributed by atoms with van der Waals surface area (Å²) in [7, 11) is -0.350. The van der Waals surface area contributed by atoms with Crippen molar-refractivity contribution >= 4 is 39.1 Å². The summed E-state index contributed by atoms with van der Waals surface area (Å²) in [6, 6.07) is 11.6. The molecule has 0 spiro atoms. The van der Waals surface area contributed by atoms with Crippen LogP contribution in [0.3, 0.4) is 0 Å². The van der Waals surface area contributed by atoms with Crippen molar-refractivity contribution in [2.75, 3.05) is 45.3 Å². The molecular formula is C31H33ClN4O7S. The molecule has 2 atom stereocenters. The quantitative estimate of drug-likeness (QED) is 0.362. The second kappa shape index (κ2) is 11.6. The fourth-order valence-electron chi connectivity index (χ4n) is 6.77. The number of sulfonamides is 1. The number of methoxy groups -OCH3 is 3. The number of aromatic nitrogens is 1. The summed E-state index contributed by atoms with van der Waals surface area (Å²) in [6.45, 7) is 1.63. The molecule has 3 aliphatic rings. The molecule has 2 aromatic carbocycles. The minimum Gasteiger partial charge on any atom is -0.497 e. The van der Waals surface area contributed by atoms with Gasteiger partial charge in [-0.15, -0.1) is 0 Å². The van der Waals surface area contributed by atoms with E-state index in [9.17, 15) is 13.2 Å². The molecule has 2 fully saturated rings. The fourth-order valence-corrected chi connectivity index (χ4v) is 8.54. The largest absolute Gasteiger partial charge is 0.497 e. The van der Waals surface area contributed by atoms with E-state index in [4.69, 9.17) is 25.8 Å². The predicted molar refractivity (Wildman–Crippen MR) is 163 cm³/mol. The zero-order chi connectivity index (χ0) is 31.2. The van der Waals surface area contributed by atoms with Crippen LogP contribution in [0.5, 0.6) is 17.4 Å². The van der Waals surface area contributed by atoms with Crippen LogP contribution in [0.1, 0.15) is 36.8 Å². The maximum atomic E-state index is 15.3. The van der Waals surface area contributed by atoms with Gasteiger partial charge in [0.05, 0.1) is 33.1 Å². The molecule has 1 aromatic heterocycles. The van der Waals surface area contributed by atoms with Gasteiger partial charge in [-0.2, -0.15) is 0 Å². The second-order valence-corrected chi connectivity index (χ2v) is 13.1. The molecule has 0 radical (unpaired) electrons. The fraction of sp³-hybridized carbons (Fsp3) is 0.387. The Hall–Kier alpha value is -3.87. The molecule has 3 aliphatic heterocycles. The van der Waals surface area contributed by atoms with E-state index in [1.807, 2.05) is 9.80 Å². The van der Waals surface area contributed by atoms with Crippen molar-refractivity contribution in [2.45, 2.75) is 42.2 Å². The number of anilines is 1. The summed E-state index contributed by atoms with van der Waals surface area (Å²) >= 11 is 6.58. The monoisotopic (exact) mass is 640 g/mol. The molecule has 2 unspecified atom stereocenters. The Morgan fingerprint density at radius 2 is 1.73 bits per heavy atom. The number of hydrogen-bond donors (Lipinski definition) is 0. The van der Waals surface area contributed by atoms with E-state index in [0.717, 1.165) is 17.1 Å². The number of carbonyl (C=O) groups excluding carboxylic acids is 2. The van der Waals surface area contributed by atoms with Crippen LogP contribution >= 0.6 is 11.6 Å². The van der Waals surface area contributed by atoms with Crippen molar-refractivity contribution in [2.24, 2.45) is 0 Å². The summed E-state index contributed by atoms with van der Waals surface area (Å²) in [5.41, 5.74) is -1.05. The number of ether oxygens (including phenoxy) is 3. The summed E-state index contributed by atoms with van der Waals surface area (Å²) in [6.07, 6.45) is 4.47. The molecule has 4 heterocycles. The Morgan fingerprint density at radius 1 is 0.955 bits per heavy atom. The Kier molecular flexibility index (Phi) is 7.93. The maximum Gasteiger partial charge on any atom is 0.274 e. The standard InChI is InChI=1S/C31H33ClN4O7S/c1-41-21-11-13-27(26(19-21)42-2)44(39,40)36-24-12-10-20(32)18-23(24)31(30(36)38,22-8-6-14-33-28(22)43-3)35-17-7-9-25(35)29(37)34-15-4-5-16-34/h6,8,10-14,18-19,25H,4-5,7,9,15-17H2,1-3H3. The van der Waals surface area contributed by atoms with Crippen molar-refractivity contribution in [1.29, 1.82) is 0 Å². The molecule has 0 N–H and O–H groups in total. The van der Waals surface area contributed by atoms with Gasteiger partial charge in [-0.05, 0) is 68.1 Å². The molecule has 6 rings (SSSR count). The summed E-state index contributed by atoms with van der Waals surface area (Å²) in [5, 5.41) is 0.298. The molecule has 2 saturated heterocycles. The third-order valence-corrected chi connectivity index (χ3v) is 10.7. The van der Waals surface area contributed by atoms with Crippen LogP contribution in [-0.4, -0.2) is 82.0 Å². The highest BCUT2D eigenvalue weighted by Crippen LogP contribution is 2.55. The maximum absolute atomic E-state index is 15.3. The summed E-state index contributed by atoms with van der Waals surface area (Å²) in [5.74, 6) is -0.355. The van der Waals surface area contributed by atoms with Gasteiger partial charge in [-0.3, -0.25) is 14.5 Å². The van der Waals surface area contributed by atoms with Gasteiger partial charge in [0.15, 0.2) is 5.54 Å². The zero-order valence-corrected chi connectivity index (χ0v) is 26.2. The molecule has 13 heteroatoms. The average molecular weight is 641 g/mol. The molecular weight excluding hydrogens is 608 g/mol. The number of likely N-dealkylation sites (tertiary alicyclic amines) is 2. The van der Waals surface area contributed by atoms with E-state index in [2.05, 4.69) is 4.98 Å². The molecule has 3 aromatic rings. The third-order valence-electron chi connectivity index (χ3n) is 8.69. The Morgan fingerprint density at radius 3 is 2.43 bits per heavy atom. The highest BCUT2D eigenvalue weighted by Gasteiger charge is 2.63. The van der Waals surface area contributed by atoms with Crippen molar-refractivity contribution in [3.8, 4) is 17.4 Å². The van der Waals surface area contributed by atoms with Crippen LogP contribution in [0.25, 0.3) is 0 Å². The predicted octanol–water partition coefficient (Wildman–Crippen LogP) is 3.83. The average Bonchev–Trinajstić information content (AvgIpc) is 3.80. The highest BCUT2D eigenvalue weighted by molar-refractivity contribution is 7.93. The van der Waals surface area contributed by atoms with Gasteiger partial charge in [0.25, 0.3) is 15.9 Å². The molecule has 44 heavy (non-hydrogen) atoms. The van der Waals surface area contributed by atoms with Crippen molar-refractivity contribution in [3.63, 3.8) is 0 Å². The van der Waals surface area contributed by atoms with Crippen LogP contribution < -0.4 is 18.5 Å². The SMILES string of the molecule is COc1ccc(S(=O)(=O)N2C(=O)C(c3cccnc3OC)(N3CCCC3C(=O)N3CCCC3)c3cc(Cl)ccc32)c(OC)c1. The molecule has 2 amide bonds. The number of pyridine rings is 1. The first-order valence-electron chi connectivity index (χ1n) is 14.4. The van der Waals surface area contributed by atoms with Crippen LogP contribution in [-0.2, 0) is 25.2 Å². The van der Waals surface area contributed by atoms with Crippen LogP contribution in [0.4, 0.5) is 5.69 Å². The van der Waals surface area contributed by atoms with Gasteiger partial charge < -0.3 is 19.1 Å². The van der Waals surface area contributed by atoms with Crippen molar-refractivity contribution in [3.05, 3.63) is 70.9 Å². The van der Waals surface area contributed by atoms with Gasteiger partial charge in [0, 0.05) is 48.0 Å². The molecule has 232 valence electrons. The van der Waals surface area contributed by atoms with Crippen molar-refractivity contribution in [1.82, 2.24) is 14.8 Å². The van der Waals surface area contributed by atoms with E-state index in [1.165, 1.54) is 57.9 Å². The lowest BCUT2D eigenvalue weighted by Crippen LogP contribution is -2.59. The number of benzene rings is 2. The highest BCUT2D eigenvalue weighted by atomic mass is 35.5. The Balaban J connectivity index is 1.62. The summed E-state index contributed by atoms with van der Waals surface area (Å²) < 4.78 is 46.4. The summed E-state index contributed by atoms with van der Waals surface area (Å²) in [4.78, 5) is 37.1. The minimum atomic E-state index is -4.59. The second-order valence-electron chi connectivity index (χ2n) is 10.9. The lowest BCUT2D eigenvalue weighted by Gasteiger charge is -2.42. The van der Waals surface area contributed by atoms with E-state index in [1.54, 1.807) is 18.2 Å². The molecule has 11 nitrogen and oxygen atoms in total. The minimum absolute atomic E-state index is 0.00684. The lowest BCUT2D eigenvalue weighted by atomic mass is 9.81. The van der Waals surface area contributed by atoms with Crippen LogP contribution in [0.2, 0.25) is 5.02 Å². The van der Waals surface area contributed by atoms with Crippen LogP contribution in [0, 0.1) is 0 Å². The number of rotatable bonds is 8. The zero-order valence-electron chi connectivity index (χ0n) is 24.7. The lowest BCUT2D eigenvalue weighted by molar-refractivity contribution is -0.139. The first-order valence-corrected chi connectivity index (χ1v) is 16.2.